The van der Waals surface area contributed by atoms with Gasteiger partial charge < -0.3 is 9.73 Å². The van der Waals surface area contributed by atoms with Gasteiger partial charge in [0.15, 0.2) is 5.16 Å². The van der Waals surface area contributed by atoms with Crippen molar-refractivity contribution in [3.8, 4) is 5.69 Å². The van der Waals surface area contributed by atoms with Crippen LogP contribution in [0.5, 0.6) is 0 Å². The van der Waals surface area contributed by atoms with Crippen LogP contribution in [0.4, 0.5) is 0 Å². The SMILES string of the molecule is Cc1nnc(SCCCCC(=O)NCc2ccco2)n1-c1ccccc1. The van der Waals surface area contributed by atoms with E-state index in [1.807, 2.05) is 49.4 Å². The zero-order valence-electron chi connectivity index (χ0n) is 14.7. The molecule has 136 valence electrons. The summed E-state index contributed by atoms with van der Waals surface area (Å²) in [6.45, 7) is 2.40. The van der Waals surface area contributed by atoms with Gasteiger partial charge in [-0.2, -0.15) is 0 Å². The molecule has 1 aromatic carbocycles. The van der Waals surface area contributed by atoms with E-state index in [-0.39, 0.29) is 5.91 Å². The molecule has 6 nitrogen and oxygen atoms in total. The Labute approximate surface area is 157 Å². The molecule has 1 N–H and O–H groups in total. The van der Waals surface area contributed by atoms with Gasteiger partial charge in [-0.15, -0.1) is 10.2 Å². The molecular formula is C19H22N4O2S. The van der Waals surface area contributed by atoms with Crippen LogP contribution in [-0.4, -0.2) is 26.4 Å². The largest absolute Gasteiger partial charge is 0.467 e. The van der Waals surface area contributed by atoms with Gasteiger partial charge in [-0.05, 0) is 44.0 Å². The number of amides is 1. The Bertz CT molecular complexity index is 815. The first-order chi connectivity index (χ1) is 12.7. The molecule has 0 bridgehead atoms. The van der Waals surface area contributed by atoms with Crippen molar-refractivity contribution in [1.29, 1.82) is 0 Å². The second kappa shape index (κ2) is 9.24. The van der Waals surface area contributed by atoms with Gasteiger partial charge in [-0.25, -0.2) is 0 Å². The fourth-order valence-electron chi connectivity index (χ4n) is 2.55. The van der Waals surface area contributed by atoms with Crippen LogP contribution in [0.25, 0.3) is 5.69 Å². The zero-order valence-corrected chi connectivity index (χ0v) is 15.5. The lowest BCUT2D eigenvalue weighted by Crippen LogP contribution is -2.22. The second-order valence-electron chi connectivity index (χ2n) is 5.86. The molecule has 26 heavy (non-hydrogen) atoms. The number of para-hydroxylation sites is 1. The monoisotopic (exact) mass is 370 g/mol. The minimum Gasteiger partial charge on any atom is -0.467 e. The van der Waals surface area contributed by atoms with Crippen molar-refractivity contribution < 1.29 is 9.21 Å². The summed E-state index contributed by atoms with van der Waals surface area (Å²) in [7, 11) is 0. The lowest BCUT2D eigenvalue weighted by molar-refractivity contribution is -0.121. The van der Waals surface area contributed by atoms with Gasteiger partial charge >= 0.3 is 0 Å². The van der Waals surface area contributed by atoms with Crippen molar-refractivity contribution in [3.05, 3.63) is 60.3 Å². The fourth-order valence-corrected chi connectivity index (χ4v) is 3.55. The quantitative estimate of drug-likeness (QED) is 0.459. The summed E-state index contributed by atoms with van der Waals surface area (Å²) in [5.74, 6) is 2.59. The van der Waals surface area contributed by atoms with Crippen molar-refractivity contribution in [1.82, 2.24) is 20.1 Å². The Morgan fingerprint density at radius 1 is 1.15 bits per heavy atom. The van der Waals surface area contributed by atoms with Gasteiger partial charge in [0.25, 0.3) is 0 Å². The topological polar surface area (TPSA) is 73.0 Å². The highest BCUT2D eigenvalue weighted by Gasteiger charge is 2.11. The molecule has 0 aliphatic heterocycles. The summed E-state index contributed by atoms with van der Waals surface area (Å²) in [6, 6.07) is 13.8. The zero-order chi connectivity index (χ0) is 18.2. The Hall–Kier alpha value is -2.54. The van der Waals surface area contributed by atoms with E-state index < -0.39 is 0 Å². The van der Waals surface area contributed by atoms with E-state index in [1.54, 1.807) is 18.0 Å². The van der Waals surface area contributed by atoms with E-state index in [0.717, 1.165) is 41.0 Å². The third-order valence-corrected chi connectivity index (χ3v) is 4.89. The second-order valence-corrected chi connectivity index (χ2v) is 6.92. The first-order valence-corrected chi connectivity index (χ1v) is 9.62. The summed E-state index contributed by atoms with van der Waals surface area (Å²) in [4.78, 5) is 11.8. The average molecular weight is 370 g/mol. The number of aromatic nitrogens is 3. The number of thioether (sulfide) groups is 1. The van der Waals surface area contributed by atoms with Crippen LogP contribution in [0.2, 0.25) is 0 Å². The van der Waals surface area contributed by atoms with Gasteiger partial charge in [0.2, 0.25) is 5.91 Å². The predicted octanol–water partition coefficient (Wildman–Crippen LogP) is 3.75. The number of hydrogen-bond donors (Lipinski definition) is 1. The standard InChI is InChI=1S/C19H22N4O2S/c1-15-21-22-19(23(15)16-8-3-2-4-9-16)26-13-6-5-11-18(24)20-14-17-10-7-12-25-17/h2-4,7-10,12H,5-6,11,13-14H2,1H3,(H,20,24). The number of benzene rings is 1. The number of unbranched alkanes of at least 4 members (excludes halogenated alkanes) is 1. The van der Waals surface area contributed by atoms with Gasteiger partial charge in [0, 0.05) is 17.9 Å². The number of carbonyl (C=O) groups excluding carboxylic acids is 1. The van der Waals surface area contributed by atoms with Crippen LogP contribution in [0.15, 0.2) is 58.3 Å². The number of furan rings is 1. The Balaban J connectivity index is 1.40. The van der Waals surface area contributed by atoms with Crippen molar-refractivity contribution in [2.45, 2.75) is 37.9 Å². The van der Waals surface area contributed by atoms with E-state index >= 15 is 0 Å². The van der Waals surface area contributed by atoms with Crippen LogP contribution in [0, 0.1) is 6.92 Å². The molecule has 2 heterocycles. The number of nitrogens with one attached hydrogen (secondary N) is 1. The maximum Gasteiger partial charge on any atom is 0.220 e. The van der Waals surface area contributed by atoms with Crippen molar-refractivity contribution in [2.75, 3.05) is 5.75 Å². The molecule has 0 atom stereocenters. The Kier molecular flexibility index (Phi) is 6.49. The summed E-state index contributed by atoms with van der Waals surface area (Å²) >= 11 is 1.67. The van der Waals surface area contributed by atoms with Crippen molar-refractivity contribution in [2.24, 2.45) is 0 Å². The van der Waals surface area contributed by atoms with E-state index in [4.69, 9.17) is 4.42 Å². The van der Waals surface area contributed by atoms with Crippen molar-refractivity contribution >= 4 is 17.7 Å². The third-order valence-electron chi connectivity index (χ3n) is 3.88. The molecule has 0 spiro atoms. The minimum absolute atomic E-state index is 0.0506. The maximum atomic E-state index is 11.8. The summed E-state index contributed by atoms with van der Waals surface area (Å²) in [5.41, 5.74) is 1.06. The number of carbonyl (C=O) groups is 1. The lowest BCUT2D eigenvalue weighted by Gasteiger charge is -2.08. The molecule has 2 aromatic heterocycles. The Morgan fingerprint density at radius 2 is 2.00 bits per heavy atom. The molecule has 0 saturated carbocycles. The van der Waals surface area contributed by atoms with E-state index in [1.165, 1.54) is 0 Å². The first-order valence-electron chi connectivity index (χ1n) is 8.63. The van der Waals surface area contributed by atoms with Crippen LogP contribution >= 0.6 is 11.8 Å². The maximum absolute atomic E-state index is 11.8. The molecule has 0 aliphatic rings. The molecule has 7 heteroatoms. The smallest absolute Gasteiger partial charge is 0.220 e. The molecule has 0 aliphatic carbocycles. The molecule has 1 amide bonds. The van der Waals surface area contributed by atoms with Gasteiger partial charge in [0.1, 0.15) is 11.6 Å². The van der Waals surface area contributed by atoms with Crippen LogP contribution < -0.4 is 5.32 Å². The van der Waals surface area contributed by atoms with Crippen LogP contribution in [-0.2, 0) is 11.3 Å². The van der Waals surface area contributed by atoms with Crippen LogP contribution in [0.1, 0.15) is 30.8 Å². The van der Waals surface area contributed by atoms with E-state index in [2.05, 4.69) is 20.1 Å². The molecular weight excluding hydrogens is 348 g/mol. The van der Waals surface area contributed by atoms with Crippen LogP contribution in [0.3, 0.4) is 0 Å². The highest BCUT2D eigenvalue weighted by Crippen LogP contribution is 2.22. The molecule has 3 rings (SSSR count). The minimum atomic E-state index is 0.0506. The van der Waals surface area contributed by atoms with Gasteiger partial charge in [0.05, 0.1) is 12.8 Å². The molecule has 0 fully saturated rings. The average Bonchev–Trinajstić information content (AvgIpc) is 3.30. The molecule has 0 radical (unpaired) electrons. The third kappa shape index (κ3) is 4.98. The number of nitrogens with zero attached hydrogens (tertiary/aromatic N) is 3. The van der Waals surface area contributed by atoms with Crippen molar-refractivity contribution in [3.63, 3.8) is 0 Å². The first kappa shape index (κ1) is 18.3. The molecule has 3 aromatic rings. The summed E-state index contributed by atoms with van der Waals surface area (Å²) in [5, 5.41) is 12.2. The van der Waals surface area contributed by atoms with Gasteiger partial charge in [-0.1, -0.05) is 30.0 Å². The molecule has 0 unspecified atom stereocenters. The Morgan fingerprint density at radius 3 is 2.77 bits per heavy atom. The lowest BCUT2D eigenvalue weighted by atomic mass is 10.2. The number of hydrogen-bond acceptors (Lipinski definition) is 5. The molecule has 0 saturated heterocycles. The summed E-state index contributed by atoms with van der Waals surface area (Å²) < 4.78 is 7.25. The number of rotatable bonds is 9. The normalized spacial score (nSPS) is 10.8. The summed E-state index contributed by atoms with van der Waals surface area (Å²) in [6.07, 6.45) is 3.91. The van der Waals surface area contributed by atoms with Gasteiger partial charge in [-0.3, -0.25) is 9.36 Å². The number of aryl methyl sites for hydroxylation is 1. The predicted molar refractivity (Wildman–Crippen MR) is 101 cm³/mol. The van der Waals surface area contributed by atoms with E-state index in [0.29, 0.717) is 13.0 Å². The highest BCUT2D eigenvalue weighted by atomic mass is 32.2. The fraction of sp³-hybridized carbons (Fsp3) is 0.316. The van der Waals surface area contributed by atoms with E-state index in [9.17, 15) is 4.79 Å². The highest BCUT2D eigenvalue weighted by molar-refractivity contribution is 7.99.